The lowest BCUT2D eigenvalue weighted by molar-refractivity contribution is -0.0416. The zero-order valence-electron chi connectivity index (χ0n) is 18.7. The molecular formula is C19H32N5O5P. The van der Waals surface area contributed by atoms with E-state index >= 15 is 0 Å². The molecule has 11 heteroatoms. The number of nitrogen functional groups attached to an aromatic ring is 1. The molecule has 0 radical (unpaired) electrons. The van der Waals surface area contributed by atoms with Crippen molar-refractivity contribution in [2.45, 2.75) is 78.4 Å². The summed E-state index contributed by atoms with van der Waals surface area (Å²) >= 11 is 0. The minimum atomic E-state index is -3.78. The fourth-order valence-corrected chi connectivity index (χ4v) is 4.88. The molecule has 1 aliphatic rings. The van der Waals surface area contributed by atoms with Crippen LogP contribution in [-0.2, 0) is 22.9 Å². The molecule has 0 saturated carbocycles. The van der Waals surface area contributed by atoms with Crippen molar-refractivity contribution in [3.05, 3.63) is 12.7 Å². The van der Waals surface area contributed by atoms with Crippen LogP contribution in [0.5, 0.6) is 0 Å². The summed E-state index contributed by atoms with van der Waals surface area (Å²) in [5, 5.41) is 0. The maximum atomic E-state index is 13.1. The van der Waals surface area contributed by atoms with E-state index in [1.807, 2.05) is 0 Å². The van der Waals surface area contributed by atoms with Crippen LogP contribution in [0.15, 0.2) is 12.7 Å². The first-order chi connectivity index (χ1) is 13.8. The number of nitrogens with zero attached hydrogens (tertiary/aromatic N) is 4. The van der Waals surface area contributed by atoms with Gasteiger partial charge in [-0.3, -0.25) is 18.1 Å². The number of ether oxygens (including phenoxy) is 1. The fourth-order valence-electron chi connectivity index (χ4n) is 3.45. The smallest absolute Gasteiger partial charge is 0.382 e. The summed E-state index contributed by atoms with van der Waals surface area (Å²) < 4.78 is 38.0. The summed E-state index contributed by atoms with van der Waals surface area (Å²) in [7, 11) is -2.46. The Morgan fingerprint density at radius 1 is 1.23 bits per heavy atom. The summed E-state index contributed by atoms with van der Waals surface area (Å²) in [5.74, 6) is 0.304. The number of nitrogens with two attached hydrogens (primary N) is 1. The molecule has 1 saturated heterocycles. The summed E-state index contributed by atoms with van der Waals surface area (Å²) in [6.07, 6.45) is 2.90. The van der Waals surface area contributed by atoms with Crippen LogP contribution in [0.3, 0.4) is 0 Å². The highest BCUT2D eigenvalue weighted by Crippen LogP contribution is 2.55. The molecule has 0 bridgehead atoms. The molecule has 4 atom stereocenters. The molecule has 0 spiro atoms. The Kier molecular flexibility index (Phi) is 6.28. The molecule has 3 heterocycles. The summed E-state index contributed by atoms with van der Waals surface area (Å²) in [4.78, 5) is 12.6. The standard InChI is InChI=1S/C19H32N5O5P/c1-18(2,3)9-13-12(28-30(25,26-7)29-19(4,5)6)8-14(27-13)24-11-23-15-16(20)21-10-22-17(15)24/h10-14H,8-9H2,1-7H3,(H2,20,21,22). The highest BCUT2D eigenvalue weighted by Gasteiger charge is 2.45. The van der Waals surface area contributed by atoms with Gasteiger partial charge in [-0.1, -0.05) is 20.8 Å². The molecule has 4 unspecified atom stereocenters. The second-order valence-electron chi connectivity index (χ2n) is 9.69. The number of rotatable bonds is 6. The van der Waals surface area contributed by atoms with Crippen molar-refractivity contribution in [3.8, 4) is 0 Å². The number of imidazole rings is 1. The predicted molar refractivity (Wildman–Crippen MR) is 113 cm³/mol. The van der Waals surface area contributed by atoms with Gasteiger partial charge in [0.05, 0.1) is 18.0 Å². The third-order valence-corrected chi connectivity index (χ3v) is 6.31. The number of aromatic nitrogens is 4. The highest BCUT2D eigenvalue weighted by atomic mass is 31.2. The van der Waals surface area contributed by atoms with Crippen molar-refractivity contribution in [3.63, 3.8) is 0 Å². The van der Waals surface area contributed by atoms with Crippen LogP contribution < -0.4 is 5.73 Å². The van der Waals surface area contributed by atoms with E-state index in [0.29, 0.717) is 29.8 Å². The van der Waals surface area contributed by atoms with Crippen LogP contribution in [0.2, 0.25) is 0 Å². The first-order valence-electron chi connectivity index (χ1n) is 9.94. The van der Waals surface area contributed by atoms with Crippen LogP contribution in [0.1, 0.15) is 60.6 Å². The molecule has 10 nitrogen and oxygen atoms in total. The SMILES string of the molecule is COP(=O)(OC1CC(n2cnc3c(N)ncnc32)OC1CC(C)(C)C)OC(C)(C)C. The van der Waals surface area contributed by atoms with Crippen LogP contribution in [0.25, 0.3) is 11.2 Å². The van der Waals surface area contributed by atoms with E-state index in [0.717, 1.165) is 0 Å². The Bertz CT molecular complexity index is 936. The lowest BCUT2D eigenvalue weighted by atomic mass is 9.87. The van der Waals surface area contributed by atoms with Crippen LogP contribution in [0, 0.1) is 5.41 Å². The van der Waals surface area contributed by atoms with E-state index in [9.17, 15) is 4.57 Å². The Morgan fingerprint density at radius 3 is 2.53 bits per heavy atom. The van der Waals surface area contributed by atoms with Gasteiger partial charge in [-0.15, -0.1) is 0 Å². The molecule has 3 rings (SSSR count). The first kappa shape index (κ1) is 23.1. The lowest BCUT2D eigenvalue weighted by Crippen LogP contribution is -2.30. The van der Waals surface area contributed by atoms with E-state index in [1.54, 1.807) is 31.7 Å². The molecule has 30 heavy (non-hydrogen) atoms. The molecule has 2 aromatic heterocycles. The van der Waals surface area contributed by atoms with E-state index in [-0.39, 0.29) is 11.5 Å². The van der Waals surface area contributed by atoms with Crippen molar-refractivity contribution < 1.29 is 22.9 Å². The van der Waals surface area contributed by atoms with Crippen molar-refractivity contribution in [1.29, 1.82) is 0 Å². The Morgan fingerprint density at radius 2 is 1.93 bits per heavy atom. The number of phosphoric acid groups is 1. The molecule has 1 aliphatic heterocycles. The molecule has 0 aromatic carbocycles. The van der Waals surface area contributed by atoms with Gasteiger partial charge >= 0.3 is 7.82 Å². The van der Waals surface area contributed by atoms with Crippen LogP contribution in [0.4, 0.5) is 5.82 Å². The number of hydrogen-bond donors (Lipinski definition) is 1. The highest BCUT2D eigenvalue weighted by molar-refractivity contribution is 7.48. The quantitative estimate of drug-likeness (QED) is 0.660. The molecule has 0 aliphatic carbocycles. The fraction of sp³-hybridized carbons (Fsp3) is 0.737. The predicted octanol–water partition coefficient (Wildman–Crippen LogP) is 4.09. The summed E-state index contributed by atoms with van der Waals surface area (Å²) in [6, 6.07) is 0. The maximum absolute atomic E-state index is 13.1. The van der Waals surface area contributed by atoms with Crippen LogP contribution >= 0.6 is 7.82 Å². The summed E-state index contributed by atoms with van der Waals surface area (Å²) in [5.41, 5.74) is 6.26. The molecular weight excluding hydrogens is 409 g/mol. The van der Waals surface area contributed by atoms with Gasteiger partial charge < -0.3 is 10.5 Å². The van der Waals surface area contributed by atoms with Gasteiger partial charge in [0.15, 0.2) is 11.5 Å². The molecule has 0 amide bonds. The van der Waals surface area contributed by atoms with Gasteiger partial charge in [-0.2, -0.15) is 0 Å². The third kappa shape index (κ3) is 5.36. The number of phosphoric ester groups is 1. The van der Waals surface area contributed by atoms with Crippen molar-refractivity contribution in [2.75, 3.05) is 12.8 Å². The average molecular weight is 441 g/mol. The normalized spacial score (nSPS) is 25.0. The van der Waals surface area contributed by atoms with Gasteiger partial charge in [-0.05, 0) is 32.6 Å². The van der Waals surface area contributed by atoms with Gasteiger partial charge in [0.2, 0.25) is 0 Å². The summed E-state index contributed by atoms with van der Waals surface area (Å²) in [6.45, 7) is 11.7. The van der Waals surface area contributed by atoms with E-state index in [1.165, 1.54) is 13.4 Å². The second kappa shape index (κ2) is 8.16. The second-order valence-corrected chi connectivity index (χ2v) is 11.3. The Balaban J connectivity index is 1.89. The largest absolute Gasteiger partial charge is 0.475 e. The van der Waals surface area contributed by atoms with E-state index in [2.05, 4.69) is 35.7 Å². The Hall–Kier alpha value is -1.58. The Labute approximate surface area is 177 Å². The number of hydrogen-bond acceptors (Lipinski definition) is 9. The van der Waals surface area contributed by atoms with Crippen molar-refractivity contribution in [1.82, 2.24) is 19.5 Å². The maximum Gasteiger partial charge on any atom is 0.475 e. The molecule has 1 fully saturated rings. The van der Waals surface area contributed by atoms with E-state index in [4.69, 9.17) is 24.0 Å². The monoisotopic (exact) mass is 441 g/mol. The third-order valence-electron chi connectivity index (χ3n) is 4.57. The van der Waals surface area contributed by atoms with E-state index < -0.39 is 25.8 Å². The molecule has 2 aromatic rings. The molecule has 2 N–H and O–H groups in total. The number of anilines is 1. The van der Waals surface area contributed by atoms with Gasteiger partial charge in [0.1, 0.15) is 24.2 Å². The topological polar surface area (TPSA) is 124 Å². The average Bonchev–Trinajstić information content (AvgIpc) is 3.17. The van der Waals surface area contributed by atoms with Gasteiger partial charge in [-0.25, -0.2) is 19.5 Å². The van der Waals surface area contributed by atoms with Crippen molar-refractivity contribution in [2.24, 2.45) is 5.41 Å². The molecule has 168 valence electrons. The van der Waals surface area contributed by atoms with Crippen molar-refractivity contribution >= 4 is 24.8 Å². The minimum absolute atomic E-state index is 0.0350. The van der Waals surface area contributed by atoms with Gasteiger partial charge in [0.25, 0.3) is 0 Å². The minimum Gasteiger partial charge on any atom is -0.382 e. The van der Waals surface area contributed by atoms with Crippen LogP contribution in [-0.4, -0.2) is 44.4 Å². The van der Waals surface area contributed by atoms with Gasteiger partial charge in [0, 0.05) is 13.5 Å². The zero-order chi connectivity index (χ0) is 22.3. The lowest BCUT2D eigenvalue weighted by Gasteiger charge is -2.30. The first-order valence-corrected chi connectivity index (χ1v) is 11.4. The zero-order valence-corrected chi connectivity index (χ0v) is 19.6. The number of fused-ring (bicyclic) bond motifs is 1.